The molecule has 1 fully saturated rings. The van der Waals surface area contributed by atoms with Crippen molar-refractivity contribution >= 4 is 34.1 Å². The summed E-state index contributed by atoms with van der Waals surface area (Å²) in [6, 6.07) is 13.0. The molecule has 1 unspecified atom stereocenters. The van der Waals surface area contributed by atoms with Crippen molar-refractivity contribution in [2.24, 2.45) is 0 Å². The average Bonchev–Trinajstić information content (AvgIpc) is 3.30. The van der Waals surface area contributed by atoms with Gasteiger partial charge >= 0.3 is 0 Å². The van der Waals surface area contributed by atoms with Crippen molar-refractivity contribution in [1.82, 2.24) is 10.3 Å². The molecule has 2 heterocycles. The fourth-order valence-corrected chi connectivity index (χ4v) is 4.35. The van der Waals surface area contributed by atoms with Crippen molar-refractivity contribution in [2.45, 2.75) is 38.6 Å². The molecule has 5 nitrogen and oxygen atoms in total. The number of aromatic nitrogens is 1. The number of nitrogens with one attached hydrogen (secondary N) is 1. The second kappa shape index (κ2) is 8.92. The third-order valence-electron chi connectivity index (χ3n) is 5.64. The van der Waals surface area contributed by atoms with E-state index >= 15 is 0 Å². The van der Waals surface area contributed by atoms with Gasteiger partial charge in [0.05, 0.1) is 11.1 Å². The van der Waals surface area contributed by atoms with E-state index in [1.807, 2.05) is 25.1 Å². The fraction of sp³-hybridized carbons (Fsp3) is 0.333. The smallest absolute Gasteiger partial charge is 0.220 e. The molecule has 1 atom stereocenters. The van der Waals surface area contributed by atoms with Crippen molar-refractivity contribution in [3.05, 3.63) is 64.8 Å². The van der Waals surface area contributed by atoms with E-state index in [-0.39, 0.29) is 11.7 Å². The first-order chi connectivity index (χ1) is 14.6. The summed E-state index contributed by atoms with van der Waals surface area (Å²) in [6.07, 6.45) is 5.22. The zero-order valence-electron chi connectivity index (χ0n) is 17.1. The highest BCUT2D eigenvalue weighted by Gasteiger charge is 2.23. The number of nitrogens with zero attached hydrogens (tertiary/aromatic N) is 2. The molecule has 1 amide bonds. The molecule has 1 aliphatic rings. The lowest BCUT2D eigenvalue weighted by Crippen LogP contribution is -2.29. The quantitative estimate of drug-likeness (QED) is 0.571. The number of phenols is 1. The highest BCUT2D eigenvalue weighted by Crippen LogP contribution is 2.38. The number of hydrogen-bond acceptors (Lipinski definition) is 4. The van der Waals surface area contributed by atoms with Crippen LogP contribution in [0.3, 0.4) is 0 Å². The number of phenolic OH excluding ortho intramolecular Hbond substituents is 1. The zero-order valence-corrected chi connectivity index (χ0v) is 17.8. The summed E-state index contributed by atoms with van der Waals surface area (Å²) in [6.45, 7) is 4.11. The van der Waals surface area contributed by atoms with Gasteiger partial charge in [-0.25, -0.2) is 0 Å². The predicted molar refractivity (Wildman–Crippen MR) is 121 cm³/mol. The van der Waals surface area contributed by atoms with E-state index in [4.69, 9.17) is 11.6 Å². The number of anilines is 1. The number of aromatic hydroxyl groups is 1. The highest BCUT2D eigenvalue weighted by atomic mass is 35.5. The number of fused-ring (bicyclic) bond motifs is 1. The lowest BCUT2D eigenvalue weighted by atomic mass is 9.95. The minimum Gasteiger partial charge on any atom is -0.505 e. The van der Waals surface area contributed by atoms with Crippen LogP contribution in [0.5, 0.6) is 5.75 Å². The van der Waals surface area contributed by atoms with E-state index in [1.165, 1.54) is 18.5 Å². The molecule has 30 heavy (non-hydrogen) atoms. The van der Waals surface area contributed by atoms with Gasteiger partial charge in [0.25, 0.3) is 0 Å². The topological polar surface area (TPSA) is 65.5 Å². The van der Waals surface area contributed by atoms with Crippen LogP contribution in [0.4, 0.5) is 5.69 Å². The summed E-state index contributed by atoms with van der Waals surface area (Å²) in [4.78, 5) is 19.2. The molecule has 4 rings (SSSR count). The second-order valence-corrected chi connectivity index (χ2v) is 8.14. The number of benzene rings is 2. The van der Waals surface area contributed by atoms with E-state index in [0.29, 0.717) is 27.9 Å². The molecule has 1 aliphatic heterocycles. The van der Waals surface area contributed by atoms with Crippen LogP contribution in [0.15, 0.2) is 48.7 Å². The van der Waals surface area contributed by atoms with Crippen LogP contribution in [-0.2, 0) is 4.79 Å². The van der Waals surface area contributed by atoms with Gasteiger partial charge in [-0.2, -0.15) is 0 Å². The molecule has 1 saturated heterocycles. The van der Waals surface area contributed by atoms with E-state index in [2.05, 4.69) is 27.3 Å². The second-order valence-electron chi connectivity index (χ2n) is 7.73. The van der Waals surface area contributed by atoms with E-state index in [0.717, 1.165) is 25.1 Å². The van der Waals surface area contributed by atoms with Crippen LogP contribution in [-0.4, -0.2) is 29.1 Å². The molecule has 1 aromatic heterocycles. The maximum Gasteiger partial charge on any atom is 0.220 e. The van der Waals surface area contributed by atoms with E-state index in [1.54, 1.807) is 18.3 Å². The Hall–Kier alpha value is -2.79. The maximum absolute atomic E-state index is 12.5. The maximum atomic E-state index is 12.5. The molecule has 0 aliphatic carbocycles. The summed E-state index contributed by atoms with van der Waals surface area (Å²) < 4.78 is 0. The molecular formula is C24H26ClN3O2. The minimum atomic E-state index is -0.513. The lowest BCUT2D eigenvalue weighted by Gasteiger charge is -2.23. The van der Waals surface area contributed by atoms with Gasteiger partial charge in [-0.05, 0) is 55.2 Å². The zero-order chi connectivity index (χ0) is 21.1. The van der Waals surface area contributed by atoms with Crippen LogP contribution in [0.25, 0.3) is 10.9 Å². The van der Waals surface area contributed by atoms with E-state index < -0.39 is 6.04 Å². The molecule has 0 spiro atoms. The first kappa shape index (κ1) is 20.5. The van der Waals surface area contributed by atoms with Gasteiger partial charge in [0, 0.05) is 42.3 Å². The van der Waals surface area contributed by atoms with Gasteiger partial charge in [-0.1, -0.05) is 30.7 Å². The Labute approximate surface area is 181 Å². The van der Waals surface area contributed by atoms with Crippen LogP contribution >= 0.6 is 11.6 Å². The largest absolute Gasteiger partial charge is 0.505 e. The molecule has 2 aromatic carbocycles. The number of halogens is 1. The van der Waals surface area contributed by atoms with Crippen molar-refractivity contribution in [3.8, 4) is 5.75 Å². The van der Waals surface area contributed by atoms with Crippen LogP contribution in [0.2, 0.25) is 5.02 Å². The molecule has 0 radical (unpaired) electrons. The Morgan fingerprint density at radius 3 is 2.67 bits per heavy atom. The van der Waals surface area contributed by atoms with Gasteiger partial charge in [0.1, 0.15) is 11.3 Å². The summed E-state index contributed by atoms with van der Waals surface area (Å²) >= 11 is 6.50. The minimum absolute atomic E-state index is 0.0421. The van der Waals surface area contributed by atoms with Crippen LogP contribution in [0, 0.1) is 0 Å². The number of hydrogen-bond donors (Lipinski definition) is 2. The third-order valence-corrected chi connectivity index (χ3v) is 5.95. The molecule has 0 saturated carbocycles. The Balaban J connectivity index is 1.76. The standard InChI is InChI=1S/C24H26ClN3O2/c1-2-6-21(29)27-22(16-8-10-17(11-9-16)28-13-3-4-14-28)19-15-20(25)18-7-5-12-26-23(18)24(19)30/h5,7-12,15,22,30H,2-4,6,13-14H2,1H3,(H,27,29). The first-order valence-corrected chi connectivity index (χ1v) is 10.9. The lowest BCUT2D eigenvalue weighted by molar-refractivity contribution is -0.121. The predicted octanol–water partition coefficient (Wildman–Crippen LogP) is 5.20. The van der Waals surface area contributed by atoms with Gasteiger partial charge in [0.15, 0.2) is 0 Å². The van der Waals surface area contributed by atoms with Gasteiger partial charge < -0.3 is 15.3 Å². The molecule has 156 valence electrons. The number of carbonyl (C=O) groups is 1. The van der Waals surface area contributed by atoms with Crippen molar-refractivity contribution in [1.29, 1.82) is 0 Å². The van der Waals surface area contributed by atoms with E-state index in [9.17, 15) is 9.90 Å². The van der Waals surface area contributed by atoms with Gasteiger partial charge in [0.2, 0.25) is 5.91 Å². The monoisotopic (exact) mass is 423 g/mol. The Kier molecular flexibility index (Phi) is 6.09. The molecule has 6 heteroatoms. The Bertz CT molecular complexity index is 1050. The fourth-order valence-electron chi connectivity index (χ4n) is 4.08. The molecule has 2 N–H and O–H groups in total. The summed E-state index contributed by atoms with van der Waals surface area (Å²) in [5.41, 5.74) is 3.05. The van der Waals surface area contributed by atoms with Crippen LogP contribution in [0.1, 0.15) is 49.8 Å². The van der Waals surface area contributed by atoms with Gasteiger partial charge in [-0.3, -0.25) is 9.78 Å². The van der Waals surface area contributed by atoms with Crippen LogP contribution < -0.4 is 10.2 Å². The van der Waals surface area contributed by atoms with Crippen molar-refractivity contribution in [2.75, 3.05) is 18.0 Å². The normalized spacial score (nSPS) is 14.8. The van der Waals surface area contributed by atoms with Crippen molar-refractivity contribution < 1.29 is 9.90 Å². The SMILES string of the molecule is CCCC(=O)NC(c1ccc(N2CCCC2)cc1)c1cc(Cl)c2cccnc2c1O. The molecular weight excluding hydrogens is 398 g/mol. The third kappa shape index (κ3) is 4.08. The Morgan fingerprint density at radius 1 is 1.23 bits per heavy atom. The summed E-state index contributed by atoms with van der Waals surface area (Å²) in [5, 5.41) is 15.2. The summed E-state index contributed by atoms with van der Waals surface area (Å²) in [5.74, 6) is -0.0248. The summed E-state index contributed by atoms with van der Waals surface area (Å²) in [7, 11) is 0. The number of carbonyl (C=O) groups excluding carboxylic acids is 1. The average molecular weight is 424 g/mol. The number of amides is 1. The molecule has 3 aromatic rings. The first-order valence-electron chi connectivity index (χ1n) is 10.5. The van der Waals surface area contributed by atoms with Gasteiger partial charge in [-0.15, -0.1) is 0 Å². The van der Waals surface area contributed by atoms with Crippen molar-refractivity contribution in [3.63, 3.8) is 0 Å². The highest BCUT2D eigenvalue weighted by molar-refractivity contribution is 6.35. The molecule has 0 bridgehead atoms. The number of pyridine rings is 1. The Morgan fingerprint density at radius 2 is 1.97 bits per heavy atom. The number of rotatable bonds is 6.